The maximum absolute atomic E-state index is 10.4. The zero-order valence-corrected chi connectivity index (χ0v) is 27.7. The first-order valence-electron chi connectivity index (χ1n) is 18.5. The van der Waals surface area contributed by atoms with Crippen LogP contribution in [0.15, 0.2) is 106 Å². The molecule has 0 spiro atoms. The summed E-state index contributed by atoms with van der Waals surface area (Å²) >= 11 is 0. The van der Waals surface area contributed by atoms with Crippen LogP contribution in [-0.2, 0) is 4.74 Å². The average molecular weight is 590 g/mol. The Morgan fingerprint density at radius 3 is 1.95 bits per heavy atom. The van der Waals surface area contributed by atoms with Crippen molar-refractivity contribution in [1.29, 1.82) is 0 Å². The van der Waals surface area contributed by atoms with E-state index in [1.807, 2.05) is 48.5 Å². The van der Waals surface area contributed by atoms with Crippen LogP contribution >= 0.6 is 0 Å². The van der Waals surface area contributed by atoms with Gasteiger partial charge in [0.1, 0.15) is 11.2 Å². The molecule has 1 unspecified atom stereocenters. The molecule has 0 bridgehead atoms. The van der Waals surface area contributed by atoms with Crippen molar-refractivity contribution in [2.75, 3.05) is 0 Å². The standard InChI is InChI=1S/C40H54O3/c1-29(17-13-19-31(3)21-22-36-33(5)25-34(41)26-37(36,6)7)15-11-12-16-30(2)18-14-20-32(4)23-24-40-38(8,9)27-35(42)28-39(40,10)43-40/h11-20,23-24,34-35,41-42H,25-28H2,1-10H3/b12-11+,17-13+,18-14+,24-23+,29-15+,30-16+,31-19+,32-20+/t34?,35-,39+,40-/m0/s1/i11D,12D,13D,14D,24D,34D,35D. The number of epoxide rings is 1. The van der Waals surface area contributed by atoms with Crippen molar-refractivity contribution in [3.05, 3.63) is 106 Å². The van der Waals surface area contributed by atoms with E-state index in [2.05, 4.69) is 11.8 Å². The molecular weight excluding hydrogens is 528 g/mol. The summed E-state index contributed by atoms with van der Waals surface area (Å²) in [6, 6.07) is 0.514. The number of hydrogen-bond acceptors (Lipinski definition) is 3. The Morgan fingerprint density at radius 2 is 1.37 bits per heavy atom. The van der Waals surface area contributed by atoms with Crippen LogP contribution in [0.2, 0.25) is 0 Å². The molecule has 1 heterocycles. The number of hydrogen-bond donors (Lipinski definition) is 2. The van der Waals surface area contributed by atoms with Gasteiger partial charge in [0.15, 0.2) is 0 Å². The fourth-order valence-corrected chi connectivity index (χ4v) is 6.15. The summed E-state index contributed by atoms with van der Waals surface area (Å²) in [5.74, 6) is 6.30. The molecule has 0 aromatic carbocycles. The van der Waals surface area contributed by atoms with Crippen molar-refractivity contribution in [2.45, 2.75) is 118 Å². The van der Waals surface area contributed by atoms with Gasteiger partial charge in [0, 0.05) is 22.8 Å². The Balaban J connectivity index is 1.73. The number of aliphatic hydroxyl groups is 2. The predicted octanol–water partition coefficient (Wildman–Crippen LogP) is 9.21. The Kier molecular flexibility index (Phi) is 8.17. The van der Waals surface area contributed by atoms with Crippen LogP contribution in [0.1, 0.15) is 105 Å². The molecule has 2 fully saturated rings. The summed E-state index contributed by atoms with van der Waals surface area (Å²) in [4.78, 5) is 0. The number of rotatable bonds is 8. The molecule has 0 amide bonds. The van der Waals surface area contributed by atoms with E-state index in [-0.39, 0.29) is 49.5 Å². The van der Waals surface area contributed by atoms with Crippen LogP contribution in [0.3, 0.4) is 0 Å². The molecule has 3 heteroatoms. The first kappa shape index (κ1) is 25.4. The van der Waals surface area contributed by atoms with Crippen LogP contribution in [0.5, 0.6) is 0 Å². The van der Waals surface area contributed by atoms with Gasteiger partial charge in [0.05, 0.1) is 21.8 Å². The second-order valence-corrected chi connectivity index (χ2v) is 13.7. The maximum Gasteiger partial charge on any atom is 0.121 e. The van der Waals surface area contributed by atoms with Gasteiger partial charge >= 0.3 is 0 Å². The Hall–Kier alpha value is -2.90. The minimum Gasteiger partial charge on any atom is -0.393 e. The highest BCUT2D eigenvalue weighted by Gasteiger charge is 2.74. The zero-order chi connectivity index (χ0) is 38.3. The molecular formula is C40H54O3. The molecule has 232 valence electrons. The first-order chi connectivity index (χ1) is 22.6. The molecule has 3 nitrogen and oxygen atoms in total. The number of ether oxygens (including phenoxy) is 1. The third-order valence-corrected chi connectivity index (χ3v) is 8.24. The van der Waals surface area contributed by atoms with Crippen molar-refractivity contribution < 1.29 is 24.5 Å². The summed E-state index contributed by atoms with van der Waals surface area (Å²) in [5, 5.41) is 20.7. The molecule has 0 aromatic heterocycles. The zero-order valence-electron chi connectivity index (χ0n) is 34.7. The quantitative estimate of drug-likeness (QED) is 0.169. The molecule has 3 aliphatic rings. The van der Waals surface area contributed by atoms with E-state index in [9.17, 15) is 10.2 Å². The second kappa shape index (κ2) is 13.8. The second-order valence-electron chi connectivity index (χ2n) is 13.7. The fraction of sp³-hybridized carbons (Fsp3) is 0.500. The molecule has 0 aromatic rings. The van der Waals surface area contributed by atoms with Crippen molar-refractivity contribution in [1.82, 2.24) is 0 Å². The fourth-order valence-electron chi connectivity index (χ4n) is 6.15. The summed E-state index contributed by atoms with van der Waals surface area (Å²) in [7, 11) is 0. The molecule has 43 heavy (non-hydrogen) atoms. The van der Waals surface area contributed by atoms with Crippen LogP contribution in [0, 0.1) is 22.7 Å². The SMILES string of the molecule is [2H]C(/C=C(\C)C#CC1=C(C)CC([2H])(O)CC1(C)C)=C\C(C)=C\C([2H])=C([2H])\C=C(C)\C=C([2H])\C=C(C)\C=C(/[2H])[C@@]12O[C@]1(C)C[C@@]([2H])(O)CC2(C)C. The van der Waals surface area contributed by atoms with Gasteiger partial charge < -0.3 is 14.9 Å². The van der Waals surface area contributed by atoms with Gasteiger partial charge in [-0.05, 0) is 72.4 Å². The highest BCUT2D eigenvalue weighted by atomic mass is 16.6. The first-order valence-corrected chi connectivity index (χ1v) is 15.0. The summed E-state index contributed by atoms with van der Waals surface area (Å²) in [5.41, 5.74) is 1.59. The highest BCUT2D eigenvalue weighted by Crippen LogP contribution is 2.66. The smallest absolute Gasteiger partial charge is 0.121 e. The Labute approximate surface area is 271 Å². The Morgan fingerprint density at radius 1 is 0.814 bits per heavy atom. The van der Waals surface area contributed by atoms with E-state index in [4.69, 9.17) is 14.3 Å². The highest BCUT2D eigenvalue weighted by molar-refractivity contribution is 5.45. The molecule has 2 aliphatic carbocycles. The third kappa shape index (κ3) is 8.82. The minimum absolute atomic E-state index is 0.0439. The van der Waals surface area contributed by atoms with Crippen molar-refractivity contribution in [3.63, 3.8) is 0 Å². The average Bonchev–Trinajstić information content (AvgIpc) is 3.52. The largest absolute Gasteiger partial charge is 0.393 e. The molecule has 3 rings (SSSR count). The lowest BCUT2D eigenvalue weighted by molar-refractivity contribution is 0.0515. The van der Waals surface area contributed by atoms with Gasteiger partial charge in [-0.3, -0.25) is 0 Å². The van der Waals surface area contributed by atoms with Gasteiger partial charge in [0.25, 0.3) is 0 Å². The molecule has 1 saturated heterocycles. The third-order valence-electron chi connectivity index (χ3n) is 8.24. The molecule has 1 saturated carbocycles. The normalized spacial score (nSPS) is 38.6. The van der Waals surface area contributed by atoms with Crippen molar-refractivity contribution in [2.24, 2.45) is 10.8 Å². The van der Waals surface area contributed by atoms with Gasteiger partial charge in [0.2, 0.25) is 0 Å². The number of fused-ring (bicyclic) bond motifs is 1. The summed E-state index contributed by atoms with van der Waals surface area (Å²) in [6.45, 7) is 18.6. The van der Waals surface area contributed by atoms with Crippen molar-refractivity contribution >= 4 is 0 Å². The van der Waals surface area contributed by atoms with Crippen LogP contribution in [-0.4, -0.2) is 33.6 Å². The maximum atomic E-state index is 10.4. The topological polar surface area (TPSA) is 53.0 Å². The molecule has 1 aliphatic heterocycles. The predicted molar refractivity (Wildman–Crippen MR) is 182 cm³/mol. The summed E-state index contributed by atoms with van der Waals surface area (Å²) in [6.07, 6.45) is 8.86. The van der Waals surface area contributed by atoms with E-state index >= 15 is 0 Å². The van der Waals surface area contributed by atoms with Crippen molar-refractivity contribution in [3.8, 4) is 11.8 Å². The van der Waals surface area contributed by atoms with E-state index in [0.717, 1.165) is 11.1 Å². The molecule has 4 atom stereocenters. The minimum atomic E-state index is -1.61. The van der Waals surface area contributed by atoms with Gasteiger partial charge in [-0.15, -0.1) is 0 Å². The summed E-state index contributed by atoms with van der Waals surface area (Å²) < 4.78 is 64.8. The monoisotopic (exact) mass is 589 g/mol. The Bertz CT molecular complexity index is 1750. The molecule has 2 N–H and O–H groups in total. The van der Waals surface area contributed by atoms with Crippen LogP contribution < -0.4 is 0 Å². The lowest BCUT2D eigenvalue weighted by Crippen LogP contribution is -2.46. The van der Waals surface area contributed by atoms with Gasteiger partial charge in [-0.25, -0.2) is 0 Å². The van der Waals surface area contributed by atoms with E-state index < -0.39 is 34.2 Å². The lowest BCUT2D eigenvalue weighted by atomic mass is 9.63. The van der Waals surface area contributed by atoms with Crippen LogP contribution in [0.4, 0.5) is 0 Å². The molecule has 0 radical (unpaired) electrons. The van der Waals surface area contributed by atoms with E-state index in [1.54, 1.807) is 51.2 Å². The number of allylic oxidation sites excluding steroid dienone is 16. The lowest BCUT2D eigenvalue weighted by Gasteiger charge is -2.39. The van der Waals surface area contributed by atoms with E-state index in [1.165, 1.54) is 12.2 Å². The van der Waals surface area contributed by atoms with E-state index in [0.29, 0.717) is 28.7 Å². The van der Waals surface area contributed by atoms with Gasteiger partial charge in [-0.1, -0.05) is 129 Å². The van der Waals surface area contributed by atoms with Crippen LogP contribution in [0.25, 0.3) is 0 Å². The van der Waals surface area contributed by atoms with Gasteiger partial charge in [-0.2, -0.15) is 0 Å².